The fraction of sp³-hybridized carbons (Fsp3) is 0.200. The first-order valence-corrected chi connectivity index (χ1v) is 10.5. The Morgan fingerprint density at radius 3 is 2.69 bits per heavy atom. The summed E-state index contributed by atoms with van der Waals surface area (Å²) in [6.45, 7) is 2.76. The SMILES string of the molecule is COc1cccc(C(=O)Nc2ccc3c(c2)C(N2CCOCC2)=Nc2ccccc2O3)c1. The van der Waals surface area contributed by atoms with Crippen LogP contribution in [0.5, 0.6) is 17.2 Å². The molecule has 0 unspecified atom stereocenters. The van der Waals surface area contributed by atoms with Crippen molar-refractivity contribution in [3.05, 3.63) is 77.9 Å². The molecule has 1 fully saturated rings. The van der Waals surface area contributed by atoms with Crippen molar-refractivity contribution in [2.75, 3.05) is 38.7 Å². The van der Waals surface area contributed by atoms with Crippen molar-refractivity contribution in [2.45, 2.75) is 0 Å². The van der Waals surface area contributed by atoms with Crippen molar-refractivity contribution in [3.63, 3.8) is 0 Å². The molecule has 1 N–H and O–H groups in total. The van der Waals surface area contributed by atoms with Gasteiger partial charge in [-0.05, 0) is 48.5 Å². The van der Waals surface area contributed by atoms with Crippen molar-refractivity contribution in [1.29, 1.82) is 0 Å². The average molecular weight is 429 g/mol. The maximum absolute atomic E-state index is 12.8. The molecule has 0 atom stereocenters. The quantitative estimate of drug-likeness (QED) is 0.665. The minimum absolute atomic E-state index is 0.216. The molecule has 162 valence electrons. The molecular formula is C25H23N3O4. The number of nitrogens with one attached hydrogen (secondary N) is 1. The molecule has 7 heteroatoms. The van der Waals surface area contributed by atoms with Gasteiger partial charge in [0.25, 0.3) is 5.91 Å². The summed E-state index contributed by atoms with van der Waals surface area (Å²) in [4.78, 5) is 20.0. The van der Waals surface area contributed by atoms with Crippen LogP contribution in [-0.4, -0.2) is 50.1 Å². The lowest BCUT2D eigenvalue weighted by Gasteiger charge is -2.30. The molecule has 0 spiro atoms. The smallest absolute Gasteiger partial charge is 0.255 e. The van der Waals surface area contributed by atoms with Gasteiger partial charge in [-0.15, -0.1) is 0 Å². The lowest BCUT2D eigenvalue weighted by Crippen LogP contribution is -2.41. The Bertz CT molecular complexity index is 1190. The minimum atomic E-state index is -0.216. The number of rotatable bonds is 3. The van der Waals surface area contributed by atoms with Crippen molar-refractivity contribution < 1.29 is 19.0 Å². The molecule has 0 bridgehead atoms. The Labute approximate surface area is 186 Å². The Morgan fingerprint density at radius 1 is 1.00 bits per heavy atom. The molecule has 3 aromatic rings. The van der Waals surface area contributed by atoms with E-state index >= 15 is 0 Å². The molecule has 0 saturated carbocycles. The van der Waals surface area contributed by atoms with Gasteiger partial charge in [-0.25, -0.2) is 4.99 Å². The molecule has 1 amide bonds. The summed E-state index contributed by atoms with van der Waals surface area (Å²) in [5, 5.41) is 2.98. The fourth-order valence-electron chi connectivity index (χ4n) is 3.78. The largest absolute Gasteiger partial charge is 0.497 e. The number of amides is 1. The summed E-state index contributed by atoms with van der Waals surface area (Å²) in [7, 11) is 1.58. The van der Waals surface area contributed by atoms with Gasteiger partial charge in [-0.2, -0.15) is 0 Å². The summed E-state index contributed by atoms with van der Waals surface area (Å²) in [6.07, 6.45) is 0. The zero-order valence-corrected chi connectivity index (χ0v) is 17.7. The van der Waals surface area contributed by atoms with Crippen LogP contribution >= 0.6 is 0 Å². The van der Waals surface area contributed by atoms with Crippen LogP contribution in [0.1, 0.15) is 15.9 Å². The van der Waals surface area contributed by atoms with Gasteiger partial charge in [0.1, 0.15) is 23.0 Å². The number of morpholine rings is 1. The lowest BCUT2D eigenvalue weighted by molar-refractivity contribution is 0.0683. The first kappa shape index (κ1) is 20.1. The molecule has 0 aliphatic carbocycles. The number of fused-ring (bicyclic) bond motifs is 2. The lowest BCUT2D eigenvalue weighted by atomic mass is 10.1. The van der Waals surface area contributed by atoms with E-state index in [1.165, 1.54) is 0 Å². The van der Waals surface area contributed by atoms with E-state index in [0.717, 1.165) is 30.2 Å². The van der Waals surface area contributed by atoms with Crippen LogP contribution in [0.15, 0.2) is 71.7 Å². The Balaban J connectivity index is 1.51. The summed E-state index contributed by atoms with van der Waals surface area (Å²) in [5.41, 5.74) is 2.77. The maximum Gasteiger partial charge on any atom is 0.255 e. The van der Waals surface area contributed by atoms with Gasteiger partial charge in [-0.1, -0.05) is 18.2 Å². The van der Waals surface area contributed by atoms with Gasteiger partial charge < -0.3 is 24.4 Å². The summed E-state index contributed by atoms with van der Waals surface area (Å²) < 4.78 is 17.0. The number of para-hydroxylation sites is 2. The molecule has 2 heterocycles. The van der Waals surface area contributed by atoms with E-state index in [2.05, 4.69) is 10.2 Å². The van der Waals surface area contributed by atoms with Crippen LogP contribution in [0.2, 0.25) is 0 Å². The first-order chi connectivity index (χ1) is 15.7. The van der Waals surface area contributed by atoms with E-state index in [9.17, 15) is 4.79 Å². The third-order valence-corrected chi connectivity index (χ3v) is 5.43. The maximum atomic E-state index is 12.8. The van der Waals surface area contributed by atoms with E-state index in [1.54, 1.807) is 31.4 Å². The number of carbonyl (C=O) groups is 1. The predicted molar refractivity (Wildman–Crippen MR) is 122 cm³/mol. The van der Waals surface area contributed by atoms with Crippen LogP contribution in [-0.2, 0) is 4.74 Å². The van der Waals surface area contributed by atoms with E-state index in [4.69, 9.17) is 19.2 Å². The number of nitrogens with zero attached hydrogens (tertiary/aromatic N) is 2. The van der Waals surface area contributed by atoms with E-state index < -0.39 is 0 Å². The van der Waals surface area contributed by atoms with E-state index in [1.807, 2.05) is 42.5 Å². The molecule has 32 heavy (non-hydrogen) atoms. The first-order valence-electron chi connectivity index (χ1n) is 10.5. The van der Waals surface area contributed by atoms with Gasteiger partial charge in [0.15, 0.2) is 5.75 Å². The molecule has 3 aromatic carbocycles. The van der Waals surface area contributed by atoms with Gasteiger partial charge in [0, 0.05) is 24.3 Å². The van der Waals surface area contributed by atoms with Crippen LogP contribution in [0.4, 0.5) is 11.4 Å². The topological polar surface area (TPSA) is 72.4 Å². The second-order valence-corrected chi connectivity index (χ2v) is 7.50. The monoisotopic (exact) mass is 429 g/mol. The predicted octanol–water partition coefficient (Wildman–Crippen LogP) is 4.46. The Hall–Kier alpha value is -3.84. The van der Waals surface area contributed by atoms with E-state index in [0.29, 0.717) is 41.7 Å². The second kappa shape index (κ2) is 8.72. The number of aliphatic imine (C=N–C) groups is 1. The fourth-order valence-corrected chi connectivity index (χ4v) is 3.78. The number of ether oxygens (including phenoxy) is 3. The van der Waals surface area contributed by atoms with Crippen LogP contribution in [0, 0.1) is 0 Å². The van der Waals surface area contributed by atoms with Gasteiger partial charge >= 0.3 is 0 Å². The number of methoxy groups -OCH3 is 1. The number of hydrogen-bond acceptors (Lipinski definition) is 6. The molecule has 7 nitrogen and oxygen atoms in total. The van der Waals surface area contributed by atoms with Crippen LogP contribution in [0.3, 0.4) is 0 Å². The summed E-state index contributed by atoms with van der Waals surface area (Å²) >= 11 is 0. The Morgan fingerprint density at radius 2 is 1.84 bits per heavy atom. The molecule has 0 radical (unpaired) electrons. The molecule has 5 rings (SSSR count). The number of benzene rings is 3. The zero-order chi connectivity index (χ0) is 21.9. The molecule has 2 aliphatic rings. The molecule has 0 aromatic heterocycles. The van der Waals surface area contributed by atoms with Gasteiger partial charge in [0.05, 0.1) is 25.9 Å². The molecule has 1 saturated heterocycles. The number of amidine groups is 1. The molecular weight excluding hydrogens is 406 g/mol. The Kier molecular flexibility index (Phi) is 5.47. The zero-order valence-electron chi connectivity index (χ0n) is 17.7. The highest BCUT2D eigenvalue weighted by molar-refractivity contribution is 6.07. The van der Waals surface area contributed by atoms with Crippen LogP contribution < -0.4 is 14.8 Å². The third-order valence-electron chi connectivity index (χ3n) is 5.43. The van der Waals surface area contributed by atoms with Crippen molar-refractivity contribution in [2.24, 2.45) is 4.99 Å². The van der Waals surface area contributed by atoms with Crippen molar-refractivity contribution in [3.8, 4) is 17.2 Å². The second-order valence-electron chi connectivity index (χ2n) is 7.50. The third kappa shape index (κ3) is 4.02. The van der Waals surface area contributed by atoms with Gasteiger partial charge in [0.2, 0.25) is 0 Å². The molecule has 2 aliphatic heterocycles. The van der Waals surface area contributed by atoms with Crippen LogP contribution in [0.25, 0.3) is 0 Å². The summed E-state index contributed by atoms with van der Waals surface area (Å²) in [5.74, 6) is 2.62. The number of carbonyl (C=O) groups excluding carboxylic acids is 1. The number of hydrogen-bond donors (Lipinski definition) is 1. The average Bonchev–Trinajstić information content (AvgIpc) is 3.01. The van der Waals surface area contributed by atoms with Gasteiger partial charge in [-0.3, -0.25) is 4.79 Å². The standard InChI is InChI=1S/C25H23N3O4/c1-30-19-6-4-5-17(15-19)25(29)26-18-9-10-22-20(16-18)24(28-11-13-31-14-12-28)27-21-7-2-3-8-23(21)32-22/h2-10,15-16H,11-14H2,1H3,(H,26,29). The van der Waals surface area contributed by atoms with E-state index in [-0.39, 0.29) is 5.91 Å². The normalized spacial score (nSPS) is 14.9. The highest BCUT2D eigenvalue weighted by Crippen LogP contribution is 2.39. The van der Waals surface area contributed by atoms with Crippen molar-refractivity contribution in [1.82, 2.24) is 4.90 Å². The highest BCUT2D eigenvalue weighted by Gasteiger charge is 2.25. The highest BCUT2D eigenvalue weighted by atomic mass is 16.5. The minimum Gasteiger partial charge on any atom is -0.497 e. The van der Waals surface area contributed by atoms with Crippen molar-refractivity contribution >= 4 is 23.1 Å². The summed E-state index contributed by atoms with van der Waals surface area (Å²) in [6, 6.07) is 20.4. The number of anilines is 1.